The summed E-state index contributed by atoms with van der Waals surface area (Å²) in [5, 5.41) is 8.68. The molecule has 0 aliphatic heterocycles. The molecule has 2 rings (SSSR count). The van der Waals surface area contributed by atoms with E-state index in [9.17, 15) is 0 Å². The number of nitrogen functional groups attached to an aromatic ring is 2. The fourth-order valence-electron chi connectivity index (χ4n) is 2.50. The van der Waals surface area contributed by atoms with Crippen molar-refractivity contribution in [2.45, 2.75) is 27.7 Å². The van der Waals surface area contributed by atoms with Crippen molar-refractivity contribution in [1.29, 1.82) is 0 Å². The van der Waals surface area contributed by atoms with Crippen LogP contribution in [0.2, 0.25) is 0 Å². The quantitative estimate of drug-likeness (QED) is 0.444. The first-order valence-electron chi connectivity index (χ1n) is 9.33. The van der Waals surface area contributed by atoms with Gasteiger partial charge >= 0.3 is 0 Å². The van der Waals surface area contributed by atoms with Gasteiger partial charge in [0.05, 0.1) is 37.8 Å². The lowest BCUT2D eigenvalue weighted by Gasteiger charge is -2.13. The largest absolute Gasteiger partial charge is 0.492 e. The van der Waals surface area contributed by atoms with Gasteiger partial charge in [-0.1, -0.05) is 0 Å². The zero-order valence-electron chi connectivity index (χ0n) is 16.8. The Labute approximate surface area is 165 Å². The van der Waals surface area contributed by atoms with E-state index in [4.69, 9.17) is 30.4 Å². The molecule has 0 fully saturated rings. The summed E-state index contributed by atoms with van der Waals surface area (Å²) in [6, 6.07) is 6.77. The van der Waals surface area contributed by atoms with E-state index in [1.807, 2.05) is 27.7 Å². The van der Waals surface area contributed by atoms with Gasteiger partial charge in [-0.05, 0) is 27.7 Å². The third kappa shape index (κ3) is 5.18. The number of hydrogen-bond donors (Lipinski definition) is 2. The highest BCUT2D eigenvalue weighted by Gasteiger charge is 2.13. The third-order valence-corrected chi connectivity index (χ3v) is 3.65. The van der Waals surface area contributed by atoms with Crippen molar-refractivity contribution in [2.24, 2.45) is 10.2 Å². The molecule has 2 aromatic rings. The number of azo groups is 1. The molecule has 0 amide bonds. The van der Waals surface area contributed by atoms with E-state index in [0.717, 1.165) is 0 Å². The van der Waals surface area contributed by atoms with Crippen molar-refractivity contribution in [1.82, 2.24) is 0 Å². The summed E-state index contributed by atoms with van der Waals surface area (Å²) >= 11 is 0. The molecular formula is C20H28N4O4. The molecule has 0 saturated carbocycles. The fraction of sp³-hybridized carbons (Fsp3) is 0.400. The third-order valence-electron chi connectivity index (χ3n) is 3.65. The van der Waals surface area contributed by atoms with Gasteiger partial charge in [-0.2, -0.15) is 0 Å². The highest BCUT2D eigenvalue weighted by atomic mass is 16.5. The lowest BCUT2D eigenvalue weighted by Crippen LogP contribution is -1.99. The van der Waals surface area contributed by atoms with Crippen LogP contribution in [0.3, 0.4) is 0 Å². The Morgan fingerprint density at radius 1 is 0.571 bits per heavy atom. The molecule has 0 bridgehead atoms. The van der Waals surface area contributed by atoms with Crippen molar-refractivity contribution in [3.63, 3.8) is 0 Å². The molecule has 0 aliphatic rings. The lowest BCUT2D eigenvalue weighted by atomic mass is 10.2. The molecule has 2 aromatic carbocycles. The number of nitrogens with zero attached hydrogens (tertiary/aromatic N) is 2. The standard InChI is InChI=1S/C20H28N4O4/c1-5-25-17-11-15(19(27-7-3)9-13(17)21)23-24-16-12-18(26-6-2)14(22)10-20(16)28-8-4/h9-12H,5-8,21-22H2,1-4H3/b24-23+. The Kier molecular flexibility index (Phi) is 7.74. The molecule has 0 unspecified atom stereocenters. The summed E-state index contributed by atoms with van der Waals surface area (Å²) in [6.07, 6.45) is 0. The smallest absolute Gasteiger partial charge is 0.149 e. The maximum atomic E-state index is 6.02. The number of rotatable bonds is 10. The SMILES string of the molecule is CCOc1cc(/N=N/c2cc(OCC)c(N)cc2OCC)c(OCC)cc1N. The van der Waals surface area contributed by atoms with E-state index in [1.54, 1.807) is 24.3 Å². The van der Waals surface area contributed by atoms with Gasteiger partial charge in [0.1, 0.15) is 34.4 Å². The van der Waals surface area contributed by atoms with Gasteiger partial charge in [0, 0.05) is 24.3 Å². The molecule has 0 heterocycles. The van der Waals surface area contributed by atoms with Crippen molar-refractivity contribution < 1.29 is 18.9 Å². The second kappa shape index (κ2) is 10.2. The Morgan fingerprint density at radius 3 is 1.21 bits per heavy atom. The average molecular weight is 388 g/mol. The summed E-state index contributed by atoms with van der Waals surface area (Å²) < 4.78 is 22.4. The van der Waals surface area contributed by atoms with Gasteiger partial charge in [0.15, 0.2) is 0 Å². The first kappa shape index (κ1) is 21.1. The van der Waals surface area contributed by atoms with Gasteiger partial charge < -0.3 is 30.4 Å². The summed E-state index contributed by atoms with van der Waals surface area (Å²) in [5.41, 5.74) is 14.0. The van der Waals surface area contributed by atoms with Crippen LogP contribution < -0.4 is 30.4 Å². The minimum atomic E-state index is 0.469. The fourth-order valence-corrected chi connectivity index (χ4v) is 2.50. The van der Waals surface area contributed by atoms with Crippen LogP contribution >= 0.6 is 0 Å². The van der Waals surface area contributed by atoms with E-state index in [2.05, 4.69) is 10.2 Å². The first-order chi connectivity index (χ1) is 13.5. The molecular weight excluding hydrogens is 360 g/mol. The minimum absolute atomic E-state index is 0.469. The second-order valence-corrected chi connectivity index (χ2v) is 5.65. The van der Waals surface area contributed by atoms with Gasteiger partial charge in [-0.3, -0.25) is 0 Å². The number of nitrogens with two attached hydrogens (primary N) is 2. The van der Waals surface area contributed by atoms with Crippen LogP contribution in [0.4, 0.5) is 22.7 Å². The van der Waals surface area contributed by atoms with Gasteiger partial charge in [0.2, 0.25) is 0 Å². The van der Waals surface area contributed by atoms with Crippen LogP contribution in [0.1, 0.15) is 27.7 Å². The topological polar surface area (TPSA) is 114 Å². The van der Waals surface area contributed by atoms with Crippen LogP contribution in [0.25, 0.3) is 0 Å². The lowest BCUT2D eigenvalue weighted by molar-refractivity contribution is 0.332. The summed E-state index contributed by atoms with van der Waals surface area (Å²) in [5.74, 6) is 2.09. The van der Waals surface area contributed by atoms with E-state index < -0.39 is 0 Å². The highest BCUT2D eigenvalue weighted by molar-refractivity contribution is 5.69. The summed E-state index contributed by atoms with van der Waals surface area (Å²) in [6.45, 7) is 9.44. The van der Waals surface area contributed by atoms with Gasteiger partial charge in [-0.25, -0.2) is 0 Å². The number of anilines is 2. The normalized spacial score (nSPS) is 10.9. The second-order valence-electron chi connectivity index (χ2n) is 5.65. The molecule has 8 nitrogen and oxygen atoms in total. The van der Waals surface area contributed by atoms with Crippen molar-refractivity contribution in [3.05, 3.63) is 24.3 Å². The van der Waals surface area contributed by atoms with E-state index >= 15 is 0 Å². The first-order valence-corrected chi connectivity index (χ1v) is 9.33. The molecule has 152 valence electrons. The maximum Gasteiger partial charge on any atom is 0.149 e. The average Bonchev–Trinajstić information content (AvgIpc) is 2.66. The maximum absolute atomic E-state index is 6.02. The number of ether oxygens (including phenoxy) is 4. The van der Waals surface area contributed by atoms with E-state index in [0.29, 0.717) is 72.2 Å². The van der Waals surface area contributed by atoms with Crippen LogP contribution in [-0.2, 0) is 0 Å². The zero-order valence-corrected chi connectivity index (χ0v) is 16.8. The molecule has 28 heavy (non-hydrogen) atoms. The molecule has 8 heteroatoms. The predicted molar refractivity (Wildman–Crippen MR) is 111 cm³/mol. The zero-order chi connectivity index (χ0) is 20.5. The summed E-state index contributed by atoms with van der Waals surface area (Å²) in [7, 11) is 0. The Morgan fingerprint density at radius 2 is 0.893 bits per heavy atom. The molecule has 0 saturated heterocycles. The van der Waals surface area contributed by atoms with Gasteiger partial charge in [-0.15, -0.1) is 10.2 Å². The van der Waals surface area contributed by atoms with E-state index in [1.165, 1.54) is 0 Å². The van der Waals surface area contributed by atoms with E-state index in [-0.39, 0.29) is 0 Å². The number of benzene rings is 2. The van der Waals surface area contributed by atoms with Crippen LogP contribution in [0, 0.1) is 0 Å². The molecule has 0 aromatic heterocycles. The van der Waals surface area contributed by atoms with Crippen LogP contribution in [0.15, 0.2) is 34.5 Å². The van der Waals surface area contributed by atoms with Crippen molar-refractivity contribution >= 4 is 22.7 Å². The molecule has 4 N–H and O–H groups in total. The molecule has 0 atom stereocenters. The molecule has 0 radical (unpaired) electrons. The van der Waals surface area contributed by atoms with Gasteiger partial charge in [0.25, 0.3) is 0 Å². The molecule has 0 spiro atoms. The van der Waals surface area contributed by atoms with Crippen LogP contribution in [0.5, 0.6) is 23.0 Å². The van der Waals surface area contributed by atoms with Crippen molar-refractivity contribution in [3.8, 4) is 23.0 Å². The Balaban J connectivity index is 2.48. The Bertz CT molecular complexity index is 757. The highest BCUT2D eigenvalue weighted by Crippen LogP contribution is 2.41. The summed E-state index contributed by atoms with van der Waals surface area (Å²) in [4.78, 5) is 0. The van der Waals surface area contributed by atoms with Crippen molar-refractivity contribution in [2.75, 3.05) is 37.9 Å². The molecule has 0 aliphatic carbocycles. The Hall–Kier alpha value is -3.16. The minimum Gasteiger partial charge on any atom is -0.492 e. The number of hydrogen-bond acceptors (Lipinski definition) is 8. The van der Waals surface area contributed by atoms with Crippen LogP contribution in [-0.4, -0.2) is 26.4 Å². The predicted octanol–water partition coefficient (Wildman–Crippen LogP) is 4.86. The monoisotopic (exact) mass is 388 g/mol.